The zero-order valence-electron chi connectivity index (χ0n) is 18.2. The Labute approximate surface area is 182 Å². The number of benzene rings is 1. The molecule has 4 heterocycles. The minimum Gasteiger partial charge on any atom is -0.325 e. The van der Waals surface area contributed by atoms with Gasteiger partial charge in [-0.25, -0.2) is 9.78 Å². The quantitative estimate of drug-likeness (QED) is 0.708. The first-order valence-electron chi connectivity index (χ1n) is 11.0. The average molecular weight is 420 g/mol. The van der Waals surface area contributed by atoms with E-state index in [-0.39, 0.29) is 11.6 Å². The van der Waals surface area contributed by atoms with Crippen LogP contribution in [0.15, 0.2) is 48.9 Å². The Bertz CT molecular complexity index is 1060. The number of fused-ring (bicyclic) bond motifs is 2. The number of aromatic nitrogens is 4. The van der Waals surface area contributed by atoms with Gasteiger partial charge in [0.1, 0.15) is 5.82 Å². The van der Waals surface area contributed by atoms with Crippen LogP contribution in [0.3, 0.4) is 0 Å². The summed E-state index contributed by atoms with van der Waals surface area (Å²) in [7, 11) is 1.94. The third-order valence-corrected chi connectivity index (χ3v) is 6.76. The first-order chi connectivity index (χ1) is 15.1. The van der Waals surface area contributed by atoms with Gasteiger partial charge in [-0.1, -0.05) is 25.1 Å². The maximum Gasteiger partial charge on any atom is 0.321 e. The second-order valence-corrected chi connectivity index (χ2v) is 8.42. The summed E-state index contributed by atoms with van der Waals surface area (Å²) in [6.07, 6.45) is 7.69. The molecule has 1 aromatic carbocycles. The number of likely N-dealkylation sites (tertiary alicyclic amines) is 1. The van der Waals surface area contributed by atoms with E-state index in [4.69, 9.17) is 4.98 Å². The van der Waals surface area contributed by atoms with Crippen LogP contribution < -0.4 is 5.32 Å². The lowest BCUT2D eigenvalue weighted by molar-refractivity contribution is 0.00390. The number of carbonyl (C=O) groups excluding carboxylic acids is 1. The molecule has 3 aromatic rings. The predicted molar refractivity (Wildman–Crippen MR) is 120 cm³/mol. The molecule has 0 bridgehead atoms. The fourth-order valence-electron chi connectivity index (χ4n) is 5.14. The largest absolute Gasteiger partial charge is 0.325 e. The first kappa shape index (κ1) is 19.8. The Morgan fingerprint density at radius 1 is 1.10 bits per heavy atom. The molecule has 1 fully saturated rings. The van der Waals surface area contributed by atoms with Crippen LogP contribution in [0.4, 0.5) is 10.5 Å². The number of nitrogens with one attached hydrogen (secondary N) is 1. The molecule has 1 N–H and O–H groups in total. The highest BCUT2D eigenvalue weighted by Gasteiger charge is 2.47. The number of amides is 2. The average Bonchev–Trinajstić information content (AvgIpc) is 3.42. The third kappa shape index (κ3) is 3.40. The number of para-hydroxylation sites is 1. The van der Waals surface area contributed by atoms with Crippen molar-refractivity contribution < 1.29 is 4.79 Å². The topological polar surface area (TPSA) is 71.2 Å². The van der Waals surface area contributed by atoms with Crippen LogP contribution >= 0.6 is 0 Å². The monoisotopic (exact) mass is 419 g/mol. The zero-order valence-corrected chi connectivity index (χ0v) is 18.2. The van der Waals surface area contributed by atoms with Gasteiger partial charge in [0, 0.05) is 50.7 Å². The smallest absolute Gasteiger partial charge is 0.321 e. The highest BCUT2D eigenvalue weighted by Crippen LogP contribution is 2.42. The second-order valence-electron chi connectivity index (χ2n) is 8.42. The van der Waals surface area contributed by atoms with Crippen molar-refractivity contribution in [2.45, 2.75) is 31.8 Å². The van der Waals surface area contributed by atoms with E-state index in [1.54, 1.807) is 0 Å². The molecule has 8 heteroatoms. The Morgan fingerprint density at radius 3 is 2.55 bits per heavy atom. The number of hydrogen-bond acceptors (Lipinski definition) is 4. The van der Waals surface area contributed by atoms with Crippen LogP contribution in [0, 0.1) is 0 Å². The highest BCUT2D eigenvalue weighted by molar-refractivity contribution is 5.89. The Kier molecular flexibility index (Phi) is 5.02. The molecule has 1 saturated heterocycles. The van der Waals surface area contributed by atoms with Gasteiger partial charge in [-0.3, -0.25) is 9.58 Å². The van der Waals surface area contributed by atoms with Gasteiger partial charge in [0.25, 0.3) is 0 Å². The molecule has 0 atom stereocenters. The van der Waals surface area contributed by atoms with Crippen LogP contribution in [0.2, 0.25) is 0 Å². The van der Waals surface area contributed by atoms with Crippen molar-refractivity contribution in [3.05, 3.63) is 54.7 Å². The molecule has 2 aliphatic rings. The molecule has 8 nitrogen and oxygen atoms in total. The van der Waals surface area contributed by atoms with Crippen LogP contribution in [-0.4, -0.2) is 61.3 Å². The Hall–Kier alpha value is -3.13. The number of urea groups is 1. The number of rotatable bonds is 3. The molecule has 162 valence electrons. The van der Waals surface area contributed by atoms with Gasteiger partial charge in [0.15, 0.2) is 0 Å². The van der Waals surface area contributed by atoms with E-state index in [1.165, 1.54) is 0 Å². The Morgan fingerprint density at radius 2 is 1.87 bits per heavy atom. The molecule has 0 unspecified atom stereocenters. The molecule has 0 radical (unpaired) electrons. The number of likely N-dealkylation sites (N-methyl/N-ethyl adjacent to an activating group) is 1. The minimum atomic E-state index is -0.128. The van der Waals surface area contributed by atoms with Crippen molar-refractivity contribution in [1.29, 1.82) is 0 Å². The summed E-state index contributed by atoms with van der Waals surface area (Å²) in [4.78, 5) is 22.2. The van der Waals surface area contributed by atoms with Gasteiger partial charge < -0.3 is 14.8 Å². The molecule has 5 rings (SSSR count). The van der Waals surface area contributed by atoms with E-state index in [9.17, 15) is 4.79 Å². The van der Waals surface area contributed by atoms with Crippen LogP contribution in [0.1, 0.15) is 25.6 Å². The number of piperidine rings is 1. The Balaban J connectivity index is 1.38. The number of carbonyl (C=O) groups is 1. The SMILES string of the molecule is CCN1CCn2c(-c3cnn(C)c3)cnc2C12CCN(C(=O)Nc1ccccc1)CC2. The lowest BCUT2D eigenvalue weighted by Gasteiger charge is -2.50. The molecular formula is C23H29N7O. The van der Waals surface area contributed by atoms with Crippen LogP contribution in [0.5, 0.6) is 0 Å². The molecule has 2 amide bonds. The summed E-state index contributed by atoms with van der Waals surface area (Å²) >= 11 is 0. The van der Waals surface area contributed by atoms with Crippen molar-refractivity contribution in [2.75, 3.05) is 31.5 Å². The van der Waals surface area contributed by atoms with E-state index in [1.807, 2.05) is 65.6 Å². The van der Waals surface area contributed by atoms with Crippen molar-refractivity contribution in [3.8, 4) is 11.3 Å². The fourth-order valence-corrected chi connectivity index (χ4v) is 5.14. The lowest BCUT2D eigenvalue weighted by Crippen LogP contribution is -2.58. The van der Waals surface area contributed by atoms with Crippen molar-refractivity contribution >= 4 is 11.7 Å². The van der Waals surface area contributed by atoms with Crippen molar-refractivity contribution in [1.82, 2.24) is 29.1 Å². The van der Waals surface area contributed by atoms with Crippen molar-refractivity contribution in [3.63, 3.8) is 0 Å². The number of imidazole rings is 1. The van der Waals surface area contributed by atoms with E-state index >= 15 is 0 Å². The van der Waals surface area contributed by atoms with Gasteiger partial charge in [0.2, 0.25) is 0 Å². The summed E-state index contributed by atoms with van der Waals surface area (Å²) in [5, 5.41) is 7.35. The summed E-state index contributed by atoms with van der Waals surface area (Å²) in [6.45, 7) is 6.54. The van der Waals surface area contributed by atoms with Crippen LogP contribution in [-0.2, 0) is 19.1 Å². The molecule has 31 heavy (non-hydrogen) atoms. The highest BCUT2D eigenvalue weighted by atomic mass is 16.2. The molecule has 2 aliphatic heterocycles. The maximum absolute atomic E-state index is 12.8. The van der Waals surface area contributed by atoms with Gasteiger partial charge in [-0.2, -0.15) is 5.10 Å². The summed E-state index contributed by atoms with van der Waals surface area (Å²) in [5.74, 6) is 1.13. The third-order valence-electron chi connectivity index (χ3n) is 6.76. The van der Waals surface area contributed by atoms with E-state index in [0.717, 1.165) is 55.2 Å². The minimum absolute atomic E-state index is 0.0284. The predicted octanol–water partition coefficient (Wildman–Crippen LogP) is 3.14. The van der Waals surface area contributed by atoms with E-state index < -0.39 is 0 Å². The number of hydrogen-bond donors (Lipinski definition) is 1. The molecule has 0 saturated carbocycles. The summed E-state index contributed by atoms with van der Waals surface area (Å²) < 4.78 is 4.19. The van der Waals surface area contributed by atoms with Gasteiger partial charge in [-0.05, 0) is 31.5 Å². The van der Waals surface area contributed by atoms with Gasteiger partial charge in [-0.15, -0.1) is 0 Å². The number of nitrogens with zero attached hydrogens (tertiary/aromatic N) is 6. The van der Waals surface area contributed by atoms with E-state index in [0.29, 0.717) is 13.1 Å². The summed E-state index contributed by atoms with van der Waals surface area (Å²) in [6, 6.07) is 9.62. The molecule has 0 aliphatic carbocycles. The number of aryl methyl sites for hydroxylation is 1. The standard InChI is InChI=1S/C23H29N7O/c1-3-29-13-14-30-20(18-15-25-27(2)17-18)16-24-21(30)23(29)9-11-28(12-10-23)22(31)26-19-7-5-4-6-8-19/h4-8,15-17H,3,9-14H2,1-2H3,(H,26,31). The molecule has 2 aromatic heterocycles. The second kappa shape index (κ2) is 7.85. The first-order valence-corrected chi connectivity index (χ1v) is 11.0. The zero-order chi connectivity index (χ0) is 21.4. The normalized spacial score (nSPS) is 18.2. The van der Waals surface area contributed by atoms with E-state index in [2.05, 4.69) is 26.8 Å². The maximum atomic E-state index is 12.8. The molecular weight excluding hydrogens is 390 g/mol. The van der Waals surface area contributed by atoms with Gasteiger partial charge in [0.05, 0.1) is 23.6 Å². The number of anilines is 1. The fraction of sp³-hybridized carbons (Fsp3) is 0.435. The van der Waals surface area contributed by atoms with Crippen LogP contribution in [0.25, 0.3) is 11.3 Å². The lowest BCUT2D eigenvalue weighted by atomic mass is 9.83. The van der Waals surface area contributed by atoms with Crippen molar-refractivity contribution in [2.24, 2.45) is 7.05 Å². The van der Waals surface area contributed by atoms with Gasteiger partial charge >= 0.3 is 6.03 Å². The summed E-state index contributed by atoms with van der Waals surface area (Å²) in [5.41, 5.74) is 2.93. The molecule has 1 spiro atoms.